The summed E-state index contributed by atoms with van der Waals surface area (Å²) in [5, 5.41) is 5.58. The number of nitrogens with zero attached hydrogens (tertiary/aromatic N) is 1. The summed E-state index contributed by atoms with van der Waals surface area (Å²) in [4.78, 5) is 29.0. The van der Waals surface area contributed by atoms with Gasteiger partial charge in [-0.25, -0.2) is 10.2 Å². The Morgan fingerprint density at radius 1 is 0.975 bits per heavy atom. The van der Waals surface area contributed by atoms with Gasteiger partial charge in [0.1, 0.15) is 5.69 Å². The van der Waals surface area contributed by atoms with Crippen LogP contribution >= 0.6 is 34.2 Å². The fourth-order valence-corrected chi connectivity index (χ4v) is 4.91. The number of fused-ring (bicyclic) bond motifs is 1. The van der Waals surface area contributed by atoms with Gasteiger partial charge >= 0.3 is 5.97 Å². The zero-order valence-corrected chi connectivity index (χ0v) is 24.2. The van der Waals surface area contributed by atoms with Gasteiger partial charge in [0.05, 0.1) is 18.4 Å². The van der Waals surface area contributed by atoms with E-state index in [1.165, 1.54) is 6.21 Å². The van der Waals surface area contributed by atoms with Gasteiger partial charge in [0, 0.05) is 30.6 Å². The zero-order valence-electron chi connectivity index (χ0n) is 21.3. The van der Waals surface area contributed by atoms with Crippen LogP contribution in [-0.2, 0) is 0 Å². The van der Waals surface area contributed by atoms with Gasteiger partial charge in [-0.1, -0.05) is 48.0 Å². The minimum atomic E-state index is -0.488. The quantitative estimate of drug-likeness (QED) is 0.0592. The van der Waals surface area contributed by atoms with Gasteiger partial charge < -0.3 is 14.5 Å². The molecule has 7 nitrogen and oxygen atoms in total. The molecule has 5 aromatic rings. The number of halogens is 2. The van der Waals surface area contributed by atoms with Gasteiger partial charge in [-0.3, -0.25) is 4.79 Å². The number of aromatic amines is 1. The van der Waals surface area contributed by atoms with Crippen LogP contribution in [0.3, 0.4) is 0 Å². The number of ether oxygens (including phenoxy) is 2. The highest BCUT2D eigenvalue weighted by Gasteiger charge is 2.21. The monoisotopic (exact) mass is 663 g/mol. The number of carbonyl (C=O) groups is 2. The van der Waals surface area contributed by atoms with E-state index >= 15 is 0 Å². The Morgan fingerprint density at radius 2 is 1.75 bits per heavy atom. The highest BCUT2D eigenvalue weighted by molar-refractivity contribution is 14.1. The maximum Gasteiger partial charge on any atom is 0.343 e. The van der Waals surface area contributed by atoms with Gasteiger partial charge in [-0.2, -0.15) is 5.10 Å². The first kappa shape index (κ1) is 27.4. The van der Waals surface area contributed by atoms with Crippen molar-refractivity contribution in [2.24, 2.45) is 5.10 Å². The molecule has 40 heavy (non-hydrogen) atoms. The molecule has 9 heteroatoms. The Morgan fingerprint density at radius 3 is 2.52 bits per heavy atom. The minimum absolute atomic E-state index is 0.286. The van der Waals surface area contributed by atoms with Crippen molar-refractivity contribution >= 4 is 63.2 Å². The number of amides is 1. The molecule has 1 aromatic heterocycles. The van der Waals surface area contributed by atoms with Crippen molar-refractivity contribution in [1.29, 1.82) is 0 Å². The van der Waals surface area contributed by atoms with Crippen molar-refractivity contribution in [3.63, 3.8) is 0 Å². The van der Waals surface area contributed by atoms with E-state index in [0.717, 1.165) is 20.0 Å². The molecule has 2 N–H and O–H groups in total. The average Bonchev–Trinajstić information content (AvgIpc) is 3.33. The maximum atomic E-state index is 13.3. The SMILES string of the molecule is CCOc1cc(C=NNC(=O)c2[nH]c3ccc(I)cc3c2-c2ccccc2Cl)ccc1OC(=O)c1ccccc1. The third kappa shape index (κ3) is 6.03. The van der Waals surface area contributed by atoms with E-state index in [9.17, 15) is 9.59 Å². The summed E-state index contributed by atoms with van der Waals surface area (Å²) < 4.78 is 12.3. The number of carbonyl (C=O) groups excluding carboxylic acids is 2. The predicted octanol–water partition coefficient (Wildman–Crippen LogP) is 7.47. The van der Waals surface area contributed by atoms with E-state index in [4.69, 9.17) is 21.1 Å². The molecular formula is C31H23ClIN3O4. The van der Waals surface area contributed by atoms with Gasteiger partial charge in [0.25, 0.3) is 5.91 Å². The number of esters is 1. The van der Waals surface area contributed by atoms with Crippen molar-refractivity contribution < 1.29 is 19.1 Å². The lowest BCUT2D eigenvalue weighted by atomic mass is 10.0. The third-order valence-electron chi connectivity index (χ3n) is 5.99. The van der Waals surface area contributed by atoms with Crippen LogP contribution in [-0.4, -0.2) is 29.7 Å². The molecule has 0 bridgehead atoms. The number of hydrazone groups is 1. The molecule has 0 spiro atoms. The standard InChI is InChI=1S/C31H23ClIN3O4/c1-2-39-27-16-19(12-15-26(27)40-31(38)20-8-4-3-5-9-20)18-34-36-30(37)29-28(22-10-6-7-11-24(22)32)23-17-21(33)13-14-25(23)35-29/h3-18,35H,2H2,1H3,(H,36,37). The van der Waals surface area contributed by atoms with Crippen LogP contribution in [0, 0.1) is 3.57 Å². The largest absolute Gasteiger partial charge is 0.490 e. The van der Waals surface area contributed by atoms with E-state index in [1.54, 1.807) is 48.5 Å². The molecule has 0 aliphatic rings. The Kier molecular flexibility index (Phi) is 8.47. The molecule has 1 amide bonds. The Bertz CT molecular complexity index is 1730. The number of aromatic nitrogens is 1. The molecule has 200 valence electrons. The second kappa shape index (κ2) is 12.4. The lowest BCUT2D eigenvalue weighted by Gasteiger charge is -2.11. The first-order valence-corrected chi connectivity index (χ1v) is 13.8. The van der Waals surface area contributed by atoms with Crippen LogP contribution in [0.4, 0.5) is 0 Å². The van der Waals surface area contributed by atoms with E-state index in [0.29, 0.717) is 39.8 Å². The third-order valence-corrected chi connectivity index (χ3v) is 6.99. The molecule has 0 aliphatic carbocycles. The number of H-pyrrole nitrogens is 1. The maximum absolute atomic E-state index is 13.3. The fraction of sp³-hybridized carbons (Fsp3) is 0.0645. The average molecular weight is 664 g/mol. The first-order valence-electron chi connectivity index (χ1n) is 12.4. The van der Waals surface area contributed by atoms with E-state index in [2.05, 4.69) is 38.1 Å². The van der Waals surface area contributed by atoms with E-state index < -0.39 is 11.9 Å². The van der Waals surface area contributed by atoms with Crippen molar-refractivity contribution in [2.75, 3.05) is 6.61 Å². The molecule has 0 aliphatic heterocycles. The molecule has 0 fully saturated rings. The molecule has 4 aromatic carbocycles. The number of hydrogen-bond donors (Lipinski definition) is 2. The molecule has 0 atom stereocenters. The number of benzene rings is 4. The van der Waals surface area contributed by atoms with Gasteiger partial charge in [0.15, 0.2) is 11.5 Å². The highest BCUT2D eigenvalue weighted by Crippen LogP contribution is 2.37. The van der Waals surface area contributed by atoms with Gasteiger partial charge in [-0.05, 0) is 89.7 Å². The summed E-state index contributed by atoms with van der Waals surface area (Å²) in [5.41, 5.74) is 6.28. The Balaban J connectivity index is 1.38. The topological polar surface area (TPSA) is 92.8 Å². The van der Waals surface area contributed by atoms with Crippen molar-refractivity contribution in [1.82, 2.24) is 10.4 Å². The van der Waals surface area contributed by atoms with Crippen LogP contribution in [0.15, 0.2) is 96.1 Å². The van der Waals surface area contributed by atoms with Crippen LogP contribution in [0.1, 0.15) is 33.3 Å². The second-order valence-corrected chi connectivity index (χ2v) is 10.3. The molecule has 0 radical (unpaired) electrons. The minimum Gasteiger partial charge on any atom is -0.490 e. The zero-order chi connectivity index (χ0) is 28.1. The van der Waals surface area contributed by atoms with Crippen LogP contribution in [0.25, 0.3) is 22.0 Å². The van der Waals surface area contributed by atoms with Crippen LogP contribution < -0.4 is 14.9 Å². The van der Waals surface area contributed by atoms with E-state index in [-0.39, 0.29) is 5.75 Å². The Labute approximate surface area is 249 Å². The molecule has 0 unspecified atom stereocenters. The fourth-order valence-electron chi connectivity index (χ4n) is 4.19. The Hall–Kier alpha value is -4.15. The lowest BCUT2D eigenvalue weighted by Crippen LogP contribution is -2.19. The smallest absolute Gasteiger partial charge is 0.343 e. The van der Waals surface area contributed by atoms with E-state index in [1.807, 2.05) is 49.4 Å². The lowest BCUT2D eigenvalue weighted by molar-refractivity contribution is 0.0728. The van der Waals surface area contributed by atoms with Crippen molar-refractivity contribution in [2.45, 2.75) is 6.92 Å². The van der Waals surface area contributed by atoms with Gasteiger partial charge in [0.2, 0.25) is 0 Å². The normalized spacial score (nSPS) is 11.1. The number of rotatable bonds is 8. The van der Waals surface area contributed by atoms with Gasteiger partial charge in [-0.15, -0.1) is 0 Å². The molecule has 5 rings (SSSR count). The summed E-state index contributed by atoms with van der Waals surface area (Å²) in [6, 6.07) is 27.0. The summed E-state index contributed by atoms with van der Waals surface area (Å²) in [5.74, 6) is -0.240. The van der Waals surface area contributed by atoms with Crippen LogP contribution in [0.5, 0.6) is 11.5 Å². The molecular weight excluding hydrogens is 641 g/mol. The number of nitrogens with one attached hydrogen (secondary N) is 2. The summed E-state index contributed by atoms with van der Waals surface area (Å²) in [7, 11) is 0. The second-order valence-electron chi connectivity index (χ2n) is 8.64. The van der Waals surface area contributed by atoms with Crippen molar-refractivity contribution in [3.05, 3.63) is 116 Å². The molecule has 0 saturated carbocycles. The first-order chi connectivity index (χ1) is 19.4. The summed E-state index contributed by atoms with van der Waals surface area (Å²) in [6.45, 7) is 2.21. The van der Waals surface area contributed by atoms with Crippen LogP contribution in [0.2, 0.25) is 5.02 Å². The molecule has 1 heterocycles. The highest BCUT2D eigenvalue weighted by atomic mass is 127. The molecule has 0 saturated heterocycles. The van der Waals surface area contributed by atoms with Crippen molar-refractivity contribution in [3.8, 4) is 22.6 Å². The predicted molar refractivity (Wildman–Crippen MR) is 166 cm³/mol. The summed E-state index contributed by atoms with van der Waals surface area (Å²) >= 11 is 8.76. The summed E-state index contributed by atoms with van der Waals surface area (Å²) in [6.07, 6.45) is 1.49. The number of hydrogen-bond acceptors (Lipinski definition) is 5.